The topological polar surface area (TPSA) is 17.1 Å². The van der Waals surface area contributed by atoms with Crippen molar-refractivity contribution in [2.75, 3.05) is 0 Å². The fraction of sp³-hybridized carbons (Fsp3) is 0.300. The number of Topliss-reactive ketones (excluding diaryl/α,β-unsaturated/α-hetero) is 1. The van der Waals surface area contributed by atoms with Gasteiger partial charge in [-0.25, -0.2) is 0 Å². The number of aryl methyl sites for hydroxylation is 1. The fourth-order valence-electron chi connectivity index (χ4n) is 1.11. The Balaban J connectivity index is 2.38. The van der Waals surface area contributed by atoms with Gasteiger partial charge >= 0.3 is 0 Å². The molecular weight excluding hydrogens is 147 g/mol. The highest BCUT2D eigenvalue weighted by Crippen LogP contribution is 2.03. The molecule has 0 radical (unpaired) electrons. The first-order chi connectivity index (χ1) is 5.83. The fourth-order valence-corrected chi connectivity index (χ4v) is 1.11. The highest BCUT2D eigenvalue weighted by molar-refractivity contribution is 6.20. The number of carbonyl (C=O) groups excluding carboxylic acids is 1. The first-order valence-corrected chi connectivity index (χ1v) is 4.38. The van der Waals surface area contributed by atoms with Gasteiger partial charge in [0, 0.05) is 6.42 Å². The molecular formula is C10H13BO. The monoisotopic (exact) mass is 160 g/mol. The largest absolute Gasteiger partial charge is 0.301 e. The van der Waals surface area contributed by atoms with Crippen LogP contribution in [0.3, 0.4) is 0 Å². The summed E-state index contributed by atoms with van der Waals surface area (Å²) in [7, 11) is 1.91. The molecule has 0 saturated carbocycles. The van der Waals surface area contributed by atoms with E-state index in [1.165, 1.54) is 5.56 Å². The lowest BCUT2D eigenvalue weighted by Crippen LogP contribution is -1.98. The van der Waals surface area contributed by atoms with E-state index < -0.39 is 0 Å². The second-order valence-electron chi connectivity index (χ2n) is 2.88. The summed E-state index contributed by atoms with van der Waals surface area (Å²) in [6.07, 6.45) is 2.22. The maximum atomic E-state index is 11.0. The predicted molar refractivity (Wildman–Crippen MR) is 53.1 cm³/mol. The number of rotatable bonds is 4. The van der Waals surface area contributed by atoms with E-state index in [0.717, 1.165) is 6.42 Å². The molecule has 0 aliphatic rings. The van der Waals surface area contributed by atoms with Crippen LogP contribution >= 0.6 is 0 Å². The van der Waals surface area contributed by atoms with Crippen molar-refractivity contribution in [3.63, 3.8) is 0 Å². The van der Waals surface area contributed by atoms with Crippen LogP contribution in [-0.2, 0) is 11.2 Å². The lowest BCUT2D eigenvalue weighted by molar-refractivity contribution is -0.116. The van der Waals surface area contributed by atoms with Crippen LogP contribution < -0.4 is 0 Å². The first kappa shape index (κ1) is 9.05. The molecule has 12 heavy (non-hydrogen) atoms. The molecule has 0 bridgehead atoms. The average Bonchev–Trinajstić information content (AvgIpc) is 2.16. The van der Waals surface area contributed by atoms with Crippen molar-refractivity contribution in [3.05, 3.63) is 35.9 Å². The Kier molecular flexibility index (Phi) is 3.59. The quantitative estimate of drug-likeness (QED) is 0.605. The van der Waals surface area contributed by atoms with Gasteiger partial charge in [-0.15, -0.1) is 0 Å². The van der Waals surface area contributed by atoms with E-state index in [1.54, 1.807) is 0 Å². The molecule has 1 nitrogen and oxygen atoms in total. The molecule has 0 atom stereocenters. The van der Waals surface area contributed by atoms with Crippen molar-refractivity contribution in [1.82, 2.24) is 0 Å². The van der Waals surface area contributed by atoms with Crippen LogP contribution in [0.5, 0.6) is 0 Å². The molecule has 1 aromatic carbocycles. The van der Waals surface area contributed by atoms with Gasteiger partial charge in [0.25, 0.3) is 0 Å². The molecule has 0 fully saturated rings. The zero-order valence-electron chi connectivity index (χ0n) is 7.42. The van der Waals surface area contributed by atoms with Gasteiger partial charge in [0.15, 0.2) is 0 Å². The van der Waals surface area contributed by atoms with Crippen molar-refractivity contribution in [2.24, 2.45) is 0 Å². The van der Waals surface area contributed by atoms with Crippen LogP contribution in [0.15, 0.2) is 30.3 Å². The Morgan fingerprint density at radius 2 is 1.92 bits per heavy atom. The zero-order chi connectivity index (χ0) is 8.81. The molecule has 0 heterocycles. The van der Waals surface area contributed by atoms with Crippen molar-refractivity contribution in [2.45, 2.75) is 19.2 Å². The van der Waals surface area contributed by atoms with Crippen LogP contribution in [0.2, 0.25) is 6.32 Å². The van der Waals surface area contributed by atoms with Crippen molar-refractivity contribution in [3.8, 4) is 0 Å². The van der Waals surface area contributed by atoms with E-state index in [1.807, 2.05) is 26.0 Å². The Morgan fingerprint density at radius 1 is 1.25 bits per heavy atom. The Hall–Kier alpha value is -1.05. The van der Waals surface area contributed by atoms with E-state index in [-0.39, 0.29) is 0 Å². The summed E-state index contributed by atoms with van der Waals surface area (Å²) in [5.41, 5.74) is 1.25. The van der Waals surface area contributed by atoms with E-state index in [2.05, 4.69) is 12.1 Å². The van der Waals surface area contributed by atoms with E-state index in [4.69, 9.17) is 0 Å². The molecule has 0 unspecified atom stereocenters. The average molecular weight is 160 g/mol. The zero-order valence-corrected chi connectivity index (χ0v) is 7.42. The van der Waals surface area contributed by atoms with Gasteiger partial charge in [0.1, 0.15) is 13.6 Å². The summed E-state index contributed by atoms with van der Waals surface area (Å²) in [6.45, 7) is 0. The molecule has 1 aromatic rings. The molecule has 2 heteroatoms. The maximum absolute atomic E-state index is 11.0. The summed E-state index contributed by atoms with van der Waals surface area (Å²) in [5, 5.41) is 0. The number of benzene rings is 1. The van der Waals surface area contributed by atoms with Crippen molar-refractivity contribution < 1.29 is 4.79 Å². The second-order valence-corrected chi connectivity index (χ2v) is 2.88. The highest BCUT2D eigenvalue weighted by atomic mass is 16.1. The molecule has 62 valence electrons. The predicted octanol–water partition coefficient (Wildman–Crippen LogP) is 1.24. The van der Waals surface area contributed by atoms with Gasteiger partial charge in [-0.1, -0.05) is 30.3 Å². The summed E-state index contributed by atoms with van der Waals surface area (Å²) in [4.78, 5) is 11.0. The van der Waals surface area contributed by atoms with Gasteiger partial charge in [-0.05, 0) is 18.3 Å². The molecule has 0 spiro atoms. The minimum Gasteiger partial charge on any atom is -0.301 e. The molecule has 0 N–H and O–H groups in total. The molecule has 0 aliphatic heterocycles. The van der Waals surface area contributed by atoms with Gasteiger partial charge < -0.3 is 4.79 Å². The van der Waals surface area contributed by atoms with Gasteiger partial charge in [0.05, 0.1) is 0 Å². The van der Waals surface area contributed by atoms with Gasteiger partial charge in [0.2, 0.25) is 0 Å². The van der Waals surface area contributed by atoms with Gasteiger partial charge in [-0.3, -0.25) is 0 Å². The van der Waals surface area contributed by atoms with Crippen LogP contribution in [0.4, 0.5) is 0 Å². The van der Waals surface area contributed by atoms with Crippen molar-refractivity contribution >= 4 is 13.6 Å². The maximum Gasteiger partial charge on any atom is 0.125 e. The third-order valence-electron chi connectivity index (χ3n) is 1.93. The smallest absolute Gasteiger partial charge is 0.125 e. The summed E-state index contributed by atoms with van der Waals surface area (Å²) in [5.74, 6) is 0.346. The Labute approximate surface area is 74.2 Å². The van der Waals surface area contributed by atoms with E-state index in [9.17, 15) is 4.79 Å². The Morgan fingerprint density at radius 3 is 2.50 bits per heavy atom. The van der Waals surface area contributed by atoms with E-state index >= 15 is 0 Å². The lowest BCUT2D eigenvalue weighted by atomic mass is 9.96. The molecule has 0 aromatic heterocycles. The molecule has 0 amide bonds. The summed E-state index contributed by atoms with van der Waals surface area (Å²) in [6, 6.07) is 10.1. The second kappa shape index (κ2) is 4.76. The van der Waals surface area contributed by atoms with Crippen LogP contribution in [0.1, 0.15) is 12.0 Å². The number of hydrogen-bond acceptors (Lipinski definition) is 1. The molecule has 0 aliphatic carbocycles. The molecule has 1 rings (SSSR count). The normalized spacial score (nSPS) is 9.67. The number of ketones is 1. The number of carbonyl (C=O) groups is 1. The van der Waals surface area contributed by atoms with E-state index in [0.29, 0.717) is 18.5 Å². The molecule has 0 saturated heterocycles. The van der Waals surface area contributed by atoms with Crippen LogP contribution in [-0.4, -0.2) is 13.6 Å². The highest BCUT2D eigenvalue weighted by Gasteiger charge is 1.98. The minimum absolute atomic E-state index is 0.346. The van der Waals surface area contributed by atoms with Gasteiger partial charge in [-0.2, -0.15) is 0 Å². The van der Waals surface area contributed by atoms with Crippen LogP contribution in [0.25, 0.3) is 0 Å². The third-order valence-corrected chi connectivity index (χ3v) is 1.93. The summed E-state index contributed by atoms with van der Waals surface area (Å²) < 4.78 is 0. The van der Waals surface area contributed by atoms with Crippen molar-refractivity contribution in [1.29, 1.82) is 0 Å². The minimum atomic E-state index is 0.346. The Bertz CT molecular complexity index is 243. The number of hydrogen-bond donors (Lipinski definition) is 0. The SMILES string of the molecule is BCC(=O)CCc1ccccc1. The summed E-state index contributed by atoms with van der Waals surface area (Å²) >= 11 is 0. The third kappa shape index (κ3) is 2.91. The lowest BCUT2D eigenvalue weighted by Gasteiger charge is -1.98. The van der Waals surface area contributed by atoms with Crippen LogP contribution in [0, 0.1) is 0 Å². The first-order valence-electron chi connectivity index (χ1n) is 4.38. The standard InChI is InChI=1S/C10H13BO/c11-8-10(12)7-6-9-4-2-1-3-5-9/h1-5H,6-8,11H2.